The highest BCUT2D eigenvalue weighted by molar-refractivity contribution is 5.90. The molecule has 0 spiro atoms. The summed E-state index contributed by atoms with van der Waals surface area (Å²) in [5.41, 5.74) is -0.934. The normalized spacial score (nSPS) is 17.3. The SMILES string of the molecule is CNC(=O)C(F)(F)C1(O)CCN(C(=O)Nc2ccccc2C)CC1. The van der Waals surface area contributed by atoms with Crippen molar-refractivity contribution in [3.8, 4) is 0 Å². The zero-order valence-electron chi connectivity index (χ0n) is 13.6. The topological polar surface area (TPSA) is 81.7 Å². The summed E-state index contributed by atoms with van der Waals surface area (Å²) < 4.78 is 28.1. The Bertz CT molecular complexity index is 629. The molecule has 0 atom stereocenters. The summed E-state index contributed by atoms with van der Waals surface area (Å²) in [7, 11) is 1.09. The molecule has 0 aromatic heterocycles. The van der Waals surface area contributed by atoms with Crippen LogP contribution in [0.3, 0.4) is 0 Å². The highest BCUT2D eigenvalue weighted by Crippen LogP contribution is 2.37. The summed E-state index contributed by atoms with van der Waals surface area (Å²) in [5, 5.41) is 14.7. The quantitative estimate of drug-likeness (QED) is 0.783. The molecule has 8 heteroatoms. The number of likely N-dealkylation sites (tertiary alicyclic amines) is 1. The molecular formula is C16H21F2N3O3. The number of carbonyl (C=O) groups is 2. The molecule has 6 nitrogen and oxygen atoms in total. The van der Waals surface area contributed by atoms with Crippen molar-refractivity contribution in [1.82, 2.24) is 10.2 Å². The van der Waals surface area contributed by atoms with Gasteiger partial charge in [-0.05, 0) is 18.6 Å². The van der Waals surface area contributed by atoms with Gasteiger partial charge in [-0.15, -0.1) is 0 Å². The van der Waals surface area contributed by atoms with Crippen LogP contribution in [0.4, 0.5) is 19.3 Å². The van der Waals surface area contributed by atoms with Crippen LogP contribution in [0.5, 0.6) is 0 Å². The van der Waals surface area contributed by atoms with Gasteiger partial charge in [-0.1, -0.05) is 18.2 Å². The number of nitrogens with zero attached hydrogens (tertiary/aromatic N) is 1. The number of hydrogen-bond acceptors (Lipinski definition) is 3. The third-order valence-electron chi connectivity index (χ3n) is 4.36. The van der Waals surface area contributed by atoms with Crippen LogP contribution >= 0.6 is 0 Å². The van der Waals surface area contributed by atoms with Crippen LogP contribution < -0.4 is 10.6 Å². The van der Waals surface area contributed by atoms with Gasteiger partial charge in [0, 0.05) is 38.7 Å². The predicted molar refractivity (Wildman–Crippen MR) is 85.0 cm³/mol. The number of hydrogen-bond donors (Lipinski definition) is 3. The first kappa shape index (κ1) is 18.1. The number of piperidine rings is 1. The molecule has 1 aliphatic heterocycles. The van der Waals surface area contributed by atoms with E-state index in [4.69, 9.17) is 0 Å². The standard InChI is InChI=1S/C16H21F2N3O3/c1-11-5-3-4-6-12(11)20-14(23)21-9-7-15(24,8-10-21)16(17,18)13(22)19-2/h3-6,24H,7-10H2,1-2H3,(H,19,22)(H,20,23). The first-order valence-electron chi connectivity index (χ1n) is 7.65. The number of rotatable bonds is 3. The van der Waals surface area contributed by atoms with Gasteiger partial charge in [-0.3, -0.25) is 4.79 Å². The maximum atomic E-state index is 14.0. The van der Waals surface area contributed by atoms with E-state index in [9.17, 15) is 23.5 Å². The van der Waals surface area contributed by atoms with Crippen molar-refractivity contribution in [2.75, 3.05) is 25.5 Å². The van der Waals surface area contributed by atoms with Crippen LogP contribution in [-0.4, -0.2) is 53.6 Å². The number of nitrogens with one attached hydrogen (secondary N) is 2. The van der Waals surface area contributed by atoms with E-state index >= 15 is 0 Å². The van der Waals surface area contributed by atoms with Crippen molar-refractivity contribution in [2.45, 2.75) is 31.3 Å². The van der Waals surface area contributed by atoms with Gasteiger partial charge in [-0.25, -0.2) is 4.79 Å². The molecule has 1 aromatic rings. The summed E-state index contributed by atoms with van der Waals surface area (Å²) in [6, 6.07) is 6.78. The maximum Gasteiger partial charge on any atom is 0.352 e. The fraction of sp³-hybridized carbons (Fsp3) is 0.500. The molecule has 3 N–H and O–H groups in total. The van der Waals surface area contributed by atoms with Gasteiger partial charge in [0.05, 0.1) is 0 Å². The number of urea groups is 1. The zero-order chi connectivity index (χ0) is 18.0. The second-order valence-corrected chi connectivity index (χ2v) is 5.92. The molecule has 1 aromatic carbocycles. The lowest BCUT2D eigenvalue weighted by molar-refractivity contribution is -0.202. The van der Waals surface area contributed by atoms with Crippen molar-refractivity contribution in [3.05, 3.63) is 29.8 Å². The van der Waals surface area contributed by atoms with Crippen molar-refractivity contribution in [1.29, 1.82) is 0 Å². The number of aryl methyl sites for hydroxylation is 1. The third kappa shape index (κ3) is 3.33. The lowest BCUT2D eigenvalue weighted by Gasteiger charge is -2.41. The Balaban J connectivity index is 2.01. The first-order chi connectivity index (χ1) is 11.2. The largest absolute Gasteiger partial charge is 0.383 e. The molecule has 1 heterocycles. The van der Waals surface area contributed by atoms with E-state index in [0.29, 0.717) is 5.69 Å². The number of benzene rings is 1. The first-order valence-corrected chi connectivity index (χ1v) is 7.65. The van der Waals surface area contributed by atoms with Crippen LogP contribution in [0, 0.1) is 6.92 Å². The number of para-hydroxylation sites is 1. The molecule has 1 aliphatic rings. The molecule has 0 aliphatic carbocycles. The van der Waals surface area contributed by atoms with E-state index in [2.05, 4.69) is 5.32 Å². The fourth-order valence-corrected chi connectivity index (χ4v) is 2.67. The number of aliphatic hydroxyl groups is 1. The Kier molecular flexibility index (Phi) is 5.08. The molecule has 0 saturated carbocycles. The van der Waals surface area contributed by atoms with Crippen molar-refractivity contribution in [3.63, 3.8) is 0 Å². The lowest BCUT2D eigenvalue weighted by atomic mass is 9.84. The Labute approximate surface area is 138 Å². The summed E-state index contributed by atoms with van der Waals surface area (Å²) in [6.45, 7) is 1.70. The lowest BCUT2D eigenvalue weighted by Crippen LogP contribution is -2.61. The molecule has 1 fully saturated rings. The Hall–Kier alpha value is -2.22. The zero-order valence-corrected chi connectivity index (χ0v) is 13.6. The Morgan fingerprint density at radius 2 is 1.83 bits per heavy atom. The van der Waals surface area contributed by atoms with Crippen LogP contribution in [0.15, 0.2) is 24.3 Å². The second-order valence-electron chi connectivity index (χ2n) is 5.92. The van der Waals surface area contributed by atoms with Crippen molar-refractivity contribution < 1.29 is 23.5 Å². The molecular weight excluding hydrogens is 320 g/mol. The fourth-order valence-electron chi connectivity index (χ4n) is 2.67. The van der Waals surface area contributed by atoms with E-state index in [-0.39, 0.29) is 25.9 Å². The third-order valence-corrected chi connectivity index (χ3v) is 4.36. The second kappa shape index (κ2) is 6.72. The van der Waals surface area contributed by atoms with Crippen LogP contribution in [0.1, 0.15) is 18.4 Å². The average Bonchev–Trinajstić information content (AvgIpc) is 2.56. The summed E-state index contributed by atoms with van der Waals surface area (Å²) in [6.07, 6.45) is -0.761. The molecule has 132 valence electrons. The van der Waals surface area contributed by atoms with Gasteiger partial charge >= 0.3 is 12.0 Å². The van der Waals surface area contributed by atoms with Crippen LogP contribution in [-0.2, 0) is 4.79 Å². The van der Waals surface area contributed by atoms with E-state index in [1.165, 1.54) is 4.90 Å². The molecule has 2 rings (SSSR count). The monoisotopic (exact) mass is 341 g/mol. The molecule has 24 heavy (non-hydrogen) atoms. The minimum Gasteiger partial charge on any atom is -0.383 e. The molecule has 0 radical (unpaired) electrons. The number of carbonyl (C=O) groups excluding carboxylic acids is 2. The molecule has 0 bridgehead atoms. The van der Waals surface area contributed by atoms with Gasteiger partial charge in [-0.2, -0.15) is 8.78 Å². The maximum absolute atomic E-state index is 14.0. The van der Waals surface area contributed by atoms with E-state index in [1.54, 1.807) is 12.1 Å². The summed E-state index contributed by atoms with van der Waals surface area (Å²) in [5.74, 6) is -5.43. The highest BCUT2D eigenvalue weighted by Gasteiger charge is 2.58. The minimum absolute atomic E-state index is 0.0687. The number of alkyl halides is 2. The van der Waals surface area contributed by atoms with Gasteiger partial charge in [0.1, 0.15) is 5.60 Å². The van der Waals surface area contributed by atoms with Crippen LogP contribution in [0.25, 0.3) is 0 Å². The molecule has 1 saturated heterocycles. The molecule has 0 unspecified atom stereocenters. The smallest absolute Gasteiger partial charge is 0.352 e. The molecule has 3 amide bonds. The van der Waals surface area contributed by atoms with Crippen molar-refractivity contribution >= 4 is 17.6 Å². The average molecular weight is 341 g/mol. The van der Waals surface area contributed by atoms with Gasteiger partial charge in [0.2, 0.25) is 0 Å². The number of halogens is 2. The van der Waals surface area contributed by atoms with E-state index < -0.39 is 23.5 Å². The van der Waals surface area contributed by atoms with E-state index in [1.807, 2.05) is 24.4 Å². The van der Waals surface area contributed by atoms with Crippen LogP contribution in [0.2, 0.25) is 0 Å². The highest BCUT2D eigenvalue weighted by atomic mass is 19.3. The number of anilines is 1. The van der Waals surface area contributed by atoms with Gasteiger partial charge in [0.25, 0.3) is 5.91 Å². The van der Waals surface area contributed by atoms with Crippen molar-refractivity contribution in [2.24, 2.45) is 0 Å². The Morgan fingerprint density at radius 3 is 2.38 bits per heavy atom. The minimum atomic E-state index is -3.90. The summed E-state index contributed by atoms with van der Waals surface area (Å²) in [4.78, 5) is 24.9. The van der Waals surface area contributed by atoms with E-state index in [0.717, 1.165) is 12.6 Å². The predicted octanol–water partition coefficient (Wildman–Crippen LogP) is 1.74. The van der Waals surface area contributed by atoms with Gasteiger partial charge in [0.15, 0.2) is 0 Å². The Morgan fingerprint density at radius 1 is 1.25 bits per heavy atom. The number of amides is 3. The summed E-state index contributed by atoms with van der Waals surface area (Å²) >= 11 is 0. The van der Waals surface area contributed by atoms with Gasteiger partial charge < -0.3 is 20.6 Å².